The van der Waals surface area contributed by atoms with Crippen LogP contribution in [0.5, 0.6) is 0 Å². The number of hydrogen-bond acceptors (Lipinski definition) is 4. The average molecular weight is 271 g/mol. The Balaban J connectivity index is 1.89. The van der Waals surface area contributed by atoms with Crippen molar-refractivity contribution in [1.82, 2.24) is 9.97 Å². The van der Waals surface area contributed by atoms with Crippen molar-refractivity contribution in [3.63, 3.8) is 0 Å². The van der Waals surface area contributed by atoms with Crippen LogP contribution in [-0.4, -0.2) is 21.7 Å². The van der Waals surface area contributed by atoms with Gasteiger partial charge >= 0.3 is 0 Å². The summed E-state index contributed by atoms with van der Waals surface area (Å²) in [5.74, 6) is -1.26. The van der Waals surface area contributed by atoms with Crippen molar-refractivity contribution >= 4 is 39.1 Å². The number of fused-ring (bicyclic) bond motifs is 1. The molecule has 0 aliphatic rings. The fraction of sp³-hybridized carbons (Fsp3) is 0. The molecule has 6 heteroatoms. The summed E-state index contributed by atoms with van der Waals surface area (Å²) in [4.78, 5) is 30.8. The SMILES string of the molecule is O=C(Nc1nccs1)C(=O)c1c[nH]c2ccccc12. The number of ketones is 1. The number of benzene rings is 1. The molecular weight excluding hydrogens is 262 g/mol. The van der Waals surface area contributed by atoms with E-state index in [2.05, 4.69) is 15.3 Å². The lowest BCUT2D eigenvalue weighted by Crippen LogP contribution is -2.22. The molecule has 0 saturated heterocycles. The minimum absolute atomic E-state index is 0.365. The van der Waals surface area contributed by atoms with E-state index in [0.717, 1.165) is 10.9 Å². The largest absolute Gasteiger partial charge is 0.360 e. The van der Waals surface area contributed by atoms with E-state index >= 15 is 0 Å². The molecule has 19 heavy (non-hydrogen) atoms. The summed E-state index contributed by atoms with van der Waals surface area (Å²) in [6.07, 6.45) is 3.12. The van der Waals surface area contributed by atoms with Crippen LogP contribution < -0.4 is 5.32 Å². The fourth-order valence-electron chi connectivity index (χ4n) is 1.82. The van der Waals surface area contributed by atoms with Gasteiger partial charge < -0.3 is 4.98 Å². The second-order valence-electron chi connectivity index (χ2n) is 3.87. The van der Waals surface area contributed by atoms with Crippen LogP contribution in [-0.2, 0) is 4.79 Å². The van der Waals surface area contributed by atoms with Crippen LogP contribution in [0, 0.1) is 0 Å². The second kappa shape index (κ2) is 4.66. The first-order chi connectivity index (χ1) is 9.25. The van der Waals surface area contributed by atoms with E-state index in [1.54, 1.807) is 23.8 Å². The lowest BCUT2D eigenvalue weighted by molar-refractivity contribution is -0.112. The number of rotatable bonds is 3. The second-order valence-corrected chi connectivity index (χ2v) is 4.76. The normalized spacial score (nSPS) is 10.5. The lowest BCUT2D eigenvalue weighted by Gasteiger charge is -1.99. The first-order valence-electron chi connectivity index (χ1n) is 5.57. The summed E-state index contributed by atoms with van der Waals surface area (Å²) < 4.78 is 0. The van der Waals surface area contributed by atoms with E-state index in [9.17, 15) is 9.59 Å². The number of amides is 1. The van der Waals surface area contributed by atoms with E-state index < -0.39 is 11.7 Å². The number of H-pyrrole nitrogens is 1. The molecule has 1 aromatic carbocycles. The molecule has 2 N–H and O–H groups in total. The summed E-state index contributed by atoms with van der Waals surface area (Å²) in [7, 11) is 0. The van der Waals surface area contributed by atoms with Gasteiger partial charge in [0, 0.05) is 28.7 Å². The fourth-order valence-corrected chi connectivity index (χ4v) is 2.34. The Morgan fingerprint density at radius 1 is 1.26 bits per heavy atom. The molecule has 0 fully saturated rings. The number of nitrogens with zero attached hydrogens (tertiary/aromatic N) is 1. The topological polar surface area (TPSA) is 74.8 Å². The van der Waals surface area contributed by atoms with Gasteiger partial charge in [0.25, 0.3) is 11.7 Å². The number of carbonyl (C=O) groups is 2. The molecule has 3 rings (SSSR count). The highest BCUT2D eigenvalue weighted by Crippen LogP contribution is 2.19. The lowest BCUT2D eigenvalue weighted by atomic mass is 10.1. The first-order valence-corrected chi connectivity index (χ1v) is 6.45. The Kier molecular flexibility index (Phi) is 2.85. The van der Waals surface area contributed by atoms with Gasteiger partial charge in [-0.1, -0.05) is 18.2 Å². The number of Topliss-reactive ketones (excluding diaryl/α,β-unsaturated/α-hetero) is 1. The Bertz CT molecular complexity index is 746. The molecule has 3 aromatic rings. The minimum Gasteiger partial charge on any atom is -0.360 e. The van der Waals surface area contributed by atoms with Crippen LogP contribution in [0.15, 0.2) is 42.0 Å². The predicted octanol–water partition coefficient (Wildman–Crippen LogP) is 2.45. The third-order valence-corrected chi connectivity index (χ3v) is 3.38. The number of aromatic amines is 1. The molecule has 0 unspecified atom stereocenters. The van der Waals surface area contributed by atoms with Crippen LogP contribution in [0.1, 0.15) is 10.4 Å². The maximum absolute atomic E-state index is 12.1. The molecule has 94 valence electrons. The molecule has 2 aromatic heterocycles. The number of nitrogens with one attached hydrogen (secondary N) is 2. The molecule has 0 aliphatic carbocycles. The van der Waals surface area contributed by atoms with E-state index in [0.29, 0.717) is 10.7 Å². The van der Waals surface area contributed by atoms with Gasteiger partial charge in [0.15, 0.2) is 5.13 Å². The third kappa shape index (κ3) is 2.13. The minimum atomic E-state index is -0.681. The van der Waals surface area contributed by atoms with Crippen molar-refractivity contribution in [2.75, 3.05) is 5.32 Å². The van der Waals surface area contributed by atoms with Gasteiger partial charge in [0.1, 0.15) is 0 Å². The van der Waals surface area contributed by atoms with Gasteiger partial charge in [0.2, 0.25) is 0 Å². The van der Waals surface area contributed by atoms with E-state index in [4.69, 9.17) is 0 Å². The molecular formula is C13H9N3O2S. The van der Waals surface area contributed by atoms with E-state index in [1.165, 1.54) is 11.3 Å². The van der Waals surface area contributed by atoms with Gasteiger partial charge in [-0.15, -0.1) is 11.3 Å². The Labute approximate surface area is 112 Å². The molecule has 0 saturated carbocycles. The number of aromatic nitrogens is 2. The number of para-hydroxylation sites is 1. The molecule has 5 nitrogen and oxygen atoms in total. The molecule has 0 bridgehead atoms. The van der Waals surface area contributed by atoms with Gasteiger partial charge in [-0.3, -0.25) is 14.9 Å². The van der Waals surface area contributed by atoms with Crippen LogP contribution in [0.2, 0.25) is 0 Å². The van der Waals surface area contributed by atoms with Gasteiger partial charge in [-0.05, 0) is 6.07 Å². The first kappa shape index (κ1) is 11.6. The smallest absolute Gasteiger partial charge is 0.298 e. The number of hydrogen-bond donors (Lipinski definition) is 2. The monoisotopic (exact) mass is 271 g/mol. The van der Waals surface area contributed by atoms with Gasteiger partial charge in [-0.2, -0.15) is 0 Å². The summed E-state index contributed by atoms with van der Waals surface area (Å²) >= 11 is 1.27. The van der Waals surface area contributed by atoms with E-state index in [1.807, 2.05) is 18.2 Å². The molecule has 2 heterocycles. The molecule has 0 spiro atoms. The molecule has 0 aliphatic heterocycles. The zero-order valence-corrected chi connectivity index (χ0v) is 10.5. The van der Waals surface area contributed by atoms with Crippen molar-refractivity contribution in [2.24, 2.45) is 0 Å². The Morgan fingerprint density at radius 3 is 2.89 bits per heavy atom. The highest BCUT2D eigenvalue weighted by molar-refractivity contribution is 7.13. The van der Waals surface area contributed by atoms with Gasteiger partial charge in [0.05, 0.1) is 5.56 Å². The van der Waals surface area contributed by atoms with Crippen molar-refractivity contribution in [3.05, 3.63) is 47.6 Å². The Morgan fingerprint density at radius 2 is 2.11 bits per heavy atom. The van der Waals surface area contributed by atoms with Crippen molar-refractivity contribution in [1.29, 1.82) is 0 Å². The maximum atomic E-state index is 12.1. The maximum Gasteiger partial charge on any atom is 0.298 e. The Hall–Kier alpha value is -2.47. The zero-order valence-electron chi connectivity index (χ0n) is 9.71. The van der Waals surface area contributed by atoms with Crippen LogP contribution >= 0.6 is 11.3 Å². The summed E-state index contributed by atoms with van der Waals surface area (Å²) in [5, 5.41) is 5.36. The molecule has 0 atom stereocenters. The number of anilines is 1. The summed E-state index contributed by atoms with van der Waals surface area (Å²) in [5.41, 5.74) is 1.19. The highest BCUT2D eigenvalue weighted by atomic mass is 32.1. The quantitative estimate of drug-likeness (QED) is 0.567. The van der Waals surface area contributed by atoms with Crippen LogP contribution in [0.3, 0.4) is 0 Å². The van der Waals surface area contributed by atoms with Crippen molar-refractivity contribution in [3.8, 4) is 0 Å². The summed E-state index contributed by atoms with van der Waals surface area (Å²) in [6.45, 7) is 0. The standard InChI is InChI=1S/C13H9N3O2S/c17-11(12(18)16-13-14-5-6-19-13)9-7-15-10-4-2-1-3-8(9)10/h1-7,15H,(H,14,16,18). The molecule has 0 radical (unpaired) electrons. The average Bonchev–Trinajstić information content (AvgIpc) is 3.06. The molecule has 1 amide bonds. The van der Waals surface area contributed by atoms with Crippen molar-refractivity contribution in [2.45, 2.75) is 0 Å². The number of thiazole rings is 1. The summed E-state index contributed by atoms with van der Waals surface area (Å²) in [6, 6.07) is 7.34. The van der Waals surface area contributed by atoms with Gasteiger partial charge in [-0.25, -0.2) is 4.98 Å². The highest BCUT2D eigenvalue weighted by Gasteiger charge is 2.20. The zero-order chi connectivity index (χ0) is 13.2. The van der Waals surface area contributed by atoms with Crippen LogP contribution in [0.25, 0.3) is 10.9 Å². The predicted molar refractivity (Wildman–Crippen MR) is 73.4 cm³/mol. The van der Waals surface area contributed by atoms with Crippen LogP contribution in [0.4, 0.5) is 5.13 Å². The van der Waals surface area contributed by atoms with E-state index in [-0.39, 0.29) is 0 Å². The van der Waals surface area contributed by atoms with Crippen molar-refractivity contribution < 1.29 is 9.59 Å². The number of carbonyl (C=O) groups excluding carboxylic acids is 2. The third-order valence-electron chi connectivity index (χ3n) is 2.69.